The highest BCUT2D eigenvalue weighted by molar-refractivity contribution is 7.22. The number of aliphatic hydroxyl groups excluding tert-OH is 1. The fourth-order valence-electron chi connectivity index (χ4n) is 4.32. The summed E-state index contributed by atoms with van der Waals surface area (Å²) in [4.78, 5) is 32.3. The molecule has 1 fully saturated rings. The second-order valence-electron chi connectivity index (χ2n) is 8.05. The Hall–Kier alpha value is -4.24. The average molecular weight is 488 g/mol. The van der Waals surface area contributed by atoms with E-state index in [4.69, 9.17) is 9.47 Å². The lowest BCUT2D eigenvalue weighted by Gasteiger charge is -2.23. The molecule has 1 unspecified atom stereocenters. The van der Waals surface area contributed by atoms with E-state index in [2.05, 4.69) is 4.98 Å². The van der Waals surface area contributed by atoms with Gasteiger partial charge in [0.25, 0.3) is 5.78 Å². The summed E-state index contributed by atoms with van der Waals surface area (Å²) in [5, 5.41) is 11.5. The van der Waals surface area contributed by atoms with Crippen LogP contribution < -0.4 is 14.4 Å². The van der Waals surface area contributed by atoms with E-state index < -0.39 is 23.5 Å². The van der Waals surface area contributed by atoms with E-state index in [1.165, 1.54) is 23.1 Å². The van der Waals surface area contributed by atoms with Crippen LogP contribution in [0.1, 0.15) is 17.2 Å². The van der Waals surface area contributed by atoms with Gasteiger partial charge < -0.3 is 14.6 Å². The van der Waals surface area contributed by atoms with Crippen molar-refractivity contribution in [2.75, 3.05) is 18.1 Å². The highest BCUT2D eigenvalue weighted by atomic mass is 32.1. The van der Waals surface area contributed by atoms with Crippen LogP contribution >= 0.6 is 11.3 Å². The quantitative estimate of drug-likeness (QED) is 0.252. The van der Waals surface area contributed by atoms with Crippen LogP contribution in [-0.2, 0) is 9.59 Å². The molecule has 2 aliphatic heterocycles. The van der Waals surface area contributed by atoms with Gasteiger partial charge in [-0.1, -0.05) is 41.7 Å². The molecule has 9 heteroatoms. The van der Waals surface area contributed by atoms with E-state index in [0.717, 1.165) is 11.3 Å². The molecule has 7 nitrogen and oxygen atoms in total. The molecule has 0 saturated carbocycles. The zero-order valence-corrected chi connectivity index (χ0v) is 18.9. The Kier molecular flexibility index (Phi) is 5.00. The van der Waals surface area contributed by atoms with Crippen molar-refractivity contribution in [2.45, 2.75) is 6.04 Å². The summed E-state index contributed by atoms with van der Waals surface area (Å²) in [7, 11) is 0. The smallest absolute Gasteiger partial charge is 0.301 e. The second kappa shape index (κ2) is 8.21. The number of halogens is 1. The van der Waals surface area contributed by atoms with E-state index in [1.807, 2.05) is 6.07 Å². The van der Waals surface area contributed by atoms with Crippen LogP contribution in [-0.4, -0.2) is 35.0 Å². The highest BCUT2D eigenvalue weighted by Crippen LogP contribution is 2.45. The van der Waals surface area contributed by atoms with E-state index in [9.17, 15) is 19.1 Å². The summed E-state index contributed by atoms with van der Waals surface area (Å²) in [6, 6.07) is 17.0. The van der Waals surface area contributed by atoms with Gasteiger partial charge in [-0.3, -0.25) is 14.5 Å². The Labute approximate surface area is 202 Å². The van der Waals surface area contributed by atoms with E-state index in [0.29, 0.717) is 46.1 Å². The maximum Gasteiger partial charge on any atom is 0.301 e. The monoisotopic (exact) mass is 488 g/mol. The zero-order chi connectivity index (χ0) is 24.1. The Morgan fingerprint density at radius 3 is 2.57 bits per heavy atom. The van der Waals surface area contributed by atoms with Crippen LogP contribution in [0.3, 0.4) is 0 Å². The standard InChI is InChI=1S/C26H17FN2O5S/c27-16-7-8-17-20(13-16)35-26(28-17)29-22(14-4-2-1-3-5-14)21(24(31)25(29)32)23(30)15-6-9-18-19(12-15)34-11-10-33-18/h1-9,12-13,22,30H,10-11H2/b23-21+. The molecule has 1 aromatic heterocycles. The molecule has 0 bridgehead atoms. The molecule has 0 aliphatic carbocycles. The number of carbonyl (C=O) groups excluding carboxylic acids is 2. The summed E-state index contributed by atoms with van der Waals surface area (Å²) >= 11 is 1.10. The fourth-order valence-corrected chi connectivity index (χ4v) is 5.33. The number of nitrogens with zero attached hydrogens (tertiary/aromatic N) is 2. The zero-order valence-electron chi connectivity index (χ0n) is 18.1. The van der Waals surface area contributed by atoms with Crippen molar-refractivity contribution in [3.05, 3.63) is 89.2 Å². The number of fused-ring (bicyclic) bond motifs is 2. The van der Waals surface area contributed by atoms with E-state index in [1.54, 1.807) is 42.5 Å². The molecular weight excluding hydrogens is 471 g/mol. The summed E-state index contributed by atoms with van der Waals surface area (Å²) in [5.74, 6) is -1.43. The van der Waals surface area contributed by atoms with Crippen LogP contribution in [0.5, 0.6) is 11.5 Å². The van der Waals surface area contributed by atoms with Crippen LogP contribution in [0, 0.1) is 5.82 Å². The van der Waals surface area contributed by atoms with Gasteiger partial charge in [-0.25, -0.2) is 9.37 Å². The van der Waals surface area contributed by atoms with Gasteiger partial charge in [-0.15, -0.1) is 0 Å². The van der Waals surface area contributed by atoms with Gasteiger partial charge in [0.15, 0.2) is 16.6 Å². The number of Topliss-reactive ketones (excluding diaryl/α,β-unsaturated/α-hetero) is 1. The Balaban J connectivity index is 1.53. The number of ketones is 1. The number of aromatic nitrogens is 1. The number of thiazole rings is 1. The molecule has 4 aromatic rings. The van der Waals surface area contributed by atoms with Crippen LogP contribution in [0.25, 0.3) is 16.0 Å². The molecule has 6 rings (SSSR count). The number of hydrogen-bond acceptors (Lipinski definition) is 7. The molecule has 1 N–H and O–H groups in total. The molecule has 1 saturated heterocycles. The van der Waals surface area contributed by atoms with Crippen LogP contribution in [0.4, 0.5) is 9.52 Å². The average Bonchev–Trinajstić information content (AvgIpc) is 3.41. The molecule has 0 spiro atoms. The van der Waals surface area contributed by atoms with Crippen LogP contribution in [0.2, 0.25) is 0 Å². The number of amides is 1. The predicted octanol–water partition coefficient (Wildman–Crippen LogP) is 4.83. The second-order valence-corrected chi connectivity index (χ2v) is 9.06. The minimum absolute atomic E-state index is 0.0664. The molecule has 1 atom stereocenters. The third kappa shape index (κ3) is 3.52. The lowest BCUT2D eigenvalue weighted by atomic mass is 9.95. The van der Waals surface area contributed by atoms with Gasteiger partial charge in [0.1, 0.15) is 24.8 Å². The van der Waals surface area contributed by atoms with Crippen molar-refractivity contribution in [1.29, 1.82) is 0 Å². The minimum atomic E-state index is -0.921. The summed E-state index contributed by atoms with van der Waals surface area (Å²) in [6.45, 7) is 0.785. The molecular formula is C26H17FN2O5S. The first-order valence-electron chi connectivity index (χ1n) is 10.8. The van der Waals surface area contributed by atoms with E-state index in [-0.39, 0.29) is 16.5 Å². The molecule has 174 valence electrons. The fraction of sp³-hybridized carbons (Fsp3) is 0.115. The van der Waals surface area contributed by atoms with Crippen molar-refractivity contribution in [3.63, 3.8) is 0 Å². The molecule has 3 heterocycles. The maximum absolute atomic E-state index is 13.8. The summed E-state index contributed by atoms with van der Waals surface area (Å²) in [6.07, 6.45) is 0. The molecule has 2 aliphatic rings. The number of ether oxygens (including phenoxy) is 2. The normalized spacial score (nSPS) is 18.9. The van der Waals surface area contributed by atoms with Gasteiger partial charge in [-0.2, -0.15) is 0 Å². The van der Waals surface area contributed by atoms with Gasteiger partial charge in [0, 0.05) is 5.56 Å². The van der Waals surface area contributed by atoms with Gasteiger partial charge in [0.05, 0.1) is 21.8 Å². The predicted molar refractivity (Wildman–Crippen MR) is 128 cm³/mol. The number of anilines is 1. The number of benzene rings is 3. The SMILES string of the molecule is O=C1C(=O)N(c2nc3ccc(F)cc3s2)C(c2ccccc2)/C1=C(\O)c1ccc2c(c1)OCCO2. The largest absolute Gasteiger partial charge is 0.507 e. The Morgan fingerprint density at radius 1 is 1.00 bits per heavy atom. The van der Waals surface area contributed by atoms with Crippen molar-refractivity contribution < 1.29 is 28.6 Å². The van der Waals surface area contributed by atoms with Crippen molar-refractivity contribution in [1.82, 2.24) is 4.98 Å². The van der Waals surface area contributed by atoms with Crippen molar-refractivity contribution in [2.24, 2.45) is 0 Å². The third-order valence-corrected chi connectivity index (χ3v) is 6.94. The molecule has 1 amide bonds. The van der Waals surface area contributed by atoms with Gasteiger partial charge >= 0.3 is 5.91 Å². The van der Waals surface area contributed by atoms with E-state index >= 15 is 0 Å². The lowest BCUT2D eigenvalue weighted by molar-refractivity contribution is -0.132. The minimum Gasteiger partial charge on any atom is -0.507 e. The first kappa shape index (κ1) is 21.3. The number of hydrogen-bond donors (Lipinski definition) is 1. The summed E-state index contributed by atoms with van der Waals surface area (Å²) < 4.78 is 25.5. The third-order valence-electron chi connectivity index (χ3n) is 5.92. The lowest BCUT2D eigenvalue weighted by Crippen LogP contribution is -2.29. The first-order chi connectivity index (χ1) is 17.0. The Bertz CT molecular complexity index is 1530. The van der Waals surface area contributed by atoms with Crippen LogP contribution in [0.15, 0.2) is 72.3 Å². The van der Waals surface area contributed by atoms with Crippen molar-refractivity contribution >= 4 is 44.1 Å². The van der Waals surface area contributed by atoms with Crippen molar-refractivity contribution in [3.8, 4) is 11.5 Å². The molecule has 3 aromatic carbocycles. The topological polar surface area (TPSA) is 89.0 Å². The maximum atomic E-state index is 13.8. The number of carbonyl (C=O) groups is 2. The summed E-state index contributed by atoms with van der Waals surface area (Å²) in [5.41, 5.74) is 1.38. The molecule has 35 heavy (non-hydrogen) atoms. The van der Waals surface area contributed by atoms with Gasteiger partial charge in [-0.05, 0) is 42.0 Å². The number of aliphatic hydroxyl groups is 1. The first-order valence-corrected chi connectivity index (χ1v) is 11.6. The highest BCUT2D eigenvalue weighted by Gasteiger charge is 2.48. The Morgan fingerprint density at radius 2 is 1.77 bits per heavy atom. The number of rotatable bonds is 3. The molecule has 0 radical (unpaired) electrons. The van der Waals surface area contributed by atoms with Gasteiger partial charge in [0.2, 0.25) is 0 Å².